The Labute approximate surface area is 195 Å². The van der Waals surface area contributed by atoms with Gasteiger partial charge < -0.3 is 9.47 Å². The van der Waals surface area contributed by atoms with Gasteiger partial charge in [-0.25, -0.2) is 4.39 Å². The van der Waals surface area contributed by atoms with E-state index in [0.717, 1.165) is 11.3 Å². The molecule has 3 rings (SSSR count). The van der Waals surface area contributed by atoms with E-state index in [1.54, 1.807) is 12.1 Å². The fraction of sp³-hybridized carbons (Fsp3) is 0.261. The third-order valence-corrected chi connectivity index (χ3v) is 5.29. The molecule has 0 radical (unpaired) electrons. The highest BCUT2D eigenvalue weighted by Crippen LogP contribution is 2.38. The number of nitrogens with zero attached hydrogens (tertiary/aromatic N) is 1. The van der Waals surface area contributed by atoms with Crippen molar-refractivity contribution in [1.82, 2.24) is 5.32 Å². The third kappa shape index (κ3) is 5.08. The monoisotopic (exact) mass is 476 g/mol. The van der Waals surface area contributed by atoms with E-state index in [-0.39, 0.29) is 21.8 Å². The molecular weight excluding hydrogens is 455 g/mol. The zero-order valence-corrected chi connectivity index (χ0v) is 19.3. The summed E-state index contributed by atoms with van der Waals surface area (Å²) in [6.07, 6.45) is 2.10. The molecule has 1 saturated heterocycles. The van der Waals surface area contributed by atoms with Crippen molar-refractivity contribution >= 4 is 52.5 Å². The standard InChI is InChI=1S/C23H22ClFN2O4S/c1-4-13(3)31-20-18(24)11-14(12-19(20)30-5-2)10-17-21(28)26-23(32)27(22(17)29)16-8-6-15(25)7-9-16/h6-13H,4-5H2,1-3H3,(H,26,28,32)/b17-10-/t13-/m1/s1. The molecule has 6 nitrogen and oxygen atoms in total. The third-order valence-electron chi connectivity index (χ3n) is 4.72. The summed E-state index contributed by atoms with van der Waals surface area (Å²) in [5.41, 5.74) is 0.648. The van der Waals surface area contributed by atoms with Gasteiger partial charge >= 0.3 is 0 Å². The Morgan fingerprint density at radius 3 is 2.53 bits per heavy atom. The van der Waals surface area contributed by atoms with Crippen molar-refractivity contribution in [3.63, 3.8) is 0 Å². The van der Waals surface area contributed by atoms with E-state index >= 15 is 0 Å². The molecule has 2 aromatic rings. The number of ether oxygens (including phenoxy) is 2. The molecule has 1 N–H and O–H groups in total. The average molecular weight is 477 g/mol. The molecule has 1 fully saturated rings. The van der Waals surface area contributed by atoms with Crippen molar-refractivity contribution in [2.45, 2.75) is 33.3 Å². The van der Waals surface area contributed by atoms with E-state index in [2.05, 4.69) is 5.32 Å². The summed E-state index contributed by atoms with van der Waals surface area (Å²) >= 11 is 11.6. The van der Waals surface area contributed by atoms with Crippen molar-refractivity contribution in [3.05, 3.63) is 58.4 Å². The van der Waals surface area contributed by atoms with Crippen LogP contribution in [0.2, 0.25) is 5.02 Å². The zero-order valence-electron chi connectivity index (χ0n) is 17.8. The minimum atomic E-state index is -0.646. The maximum absolute atomic E-state index is 13.3. The Morgan fingerprint density at radius 1 is 1.22 bits per heavy atom. The molecule has 0 saturated carbocycles. The molecule has 1 heterocycles. The van der Waals surface area contributed by atoms with Crippen LogP contribution < -0.4 is 19.7 Å². The Hall–Kier alpha value is -2.97. The molecule has 9 heteroatoms. The van der Waals surface area contributed by atoms with Crippen LogP contribution in [-0.4, -0.2) is 29.6 Å². The predicted molar refractivity (Wildman–Crippen MR) is 126 cm³/mol. The Balaban J connectivity index is 2.01. The van der Waals surface area contributed by atoms with Crippen molar-refractivity contribution in [2.24, 2.45) is 0 Å². The van der Waals surface area contributed by atoms with E-state index < -0.39 is 17.6 Å². The van der Waals surface area contributed by atoms with Crippen LogP contribution in [0.1, 0.15) is 32.8 Å². The van der Waals surface area contributed by atoms with Crippen LogP contribution in [0.3, 0.4) is 0 Å². The fourth-order valence-electron chi connectivity index (χ4n) is 2.98. The number of halogens is 2. The second kappa shape index (κ2) is 10.1. The first-order valence-corrected chi connectivity index (χ1v) is 10.8. The predicted octanol–water partition coefficient (Wildman–Crippen LogP) is 4.89. The SMILES string of the molecule is CCOc1cc(/C=C2/C(=O)NC(=S)N(c3ccc(F)cc3)C2=O)cc(Cl)c1O[C@H](C)CC. The van der Waals surface area contributed by atoms with E-state index in [1.165, 1.54) is 30.3 Å². The Morgan fingerprint density at radius 2 is 1.91 bits per heavy atom. The number of benzene rings is 2. The van der Waals surface area contributed by atoms with Crippen molar-refractivity contribution in [1.29, 1.82) is 0 Å². The highest BCUT2D eigenvalue weighted by molar-refractivity contribution is 7.80. The second-order valence-electron chi connectivity index (χ2n) is 7.03. The number of carbonyl (C=O) groups is 2. The molecule has 1 aliphatic rings. The second-order valence-corrected chi connectivity index (χ2v) is 7.83. The van der Waals surface area contributed by atoms with Crippen LogP contribution in [0.15, 0.2) is 42.0 Å². The lowest BCUT2D eigenvalue weighted by Gasteiger charge is -2.29. The summed E-state index contributed by atoms with van der Waals surface area (Å²) in [7, 11) is 0. The van der Waals surface area contributed by atoms with Crippen molar-refractivity contribution in [3.8, 4) is 11.5 Å². The highest BCUT2D eigenvalue weighted by atomic mass is 35.5. The molecule has 32 heavy (non-hydrogen) atoms. The van der Waals surface area contributed by atoms with E-state index in [0.29, 0.717) is 29.4 Å². The fourth-order valence-corrected chi connectivity index (χ4v) is 3.53. The van der Waals surface area contributed by atoms with Gasteiger partial charge in [0, 0.05) is 0 Å². The largest absolute Gasteiger partial charge is 0.490 e. The van der Waals surface area contributed by atoms with Gasteiger partial charge in [0.1, 0.15) is 11.4 Å². The van der Waals surface area contributed by atoms with Gasteiger partial charge in [-0.3, -0.25) is 19.8 Å². The number of rotatable bonds is 7. The maximum Gasteiger partial charge on any atom is 0.270 e. The lowest BCUT2D eigenvalue weighted by Crippen LogP contribution is -2.54. The molecule has 0 aliphatic carbocycles. The number of carbonyl (C=O) groups excluding carboxylic acids is 2. The first kappa shape index (κ1) is 23.7. The number of hydrogen-bond donors (Lipinski definition) is 1. The lowest BCUT2D eigenvalue weighted by atomic mass is 10.1. The Kier molecular flexibility index (Phi) is 7.48. The van der Waals surface area contributed by atoms with Crippen LogP contribution in [0.25, 0.3) is 6.08 Å². The van der Waals surface area contributed by atoms with Crippen LogP contribution in [0, 0.1) is 5.82 Å². The summed E-state index contributed by atoms with van der Waals surface area (Å²) in [6, 6.07) is 8.45. The van der Waals surface area contributed by atoms with Gasteiger partial charge in [-0.05, 0) is 80.5 Å². The number of nitrogens with one attached hydrogen (secondary N) is 1. The first-order chi connectivity index (χ1) is 15.2. The van der Waals surface area contributed by atoms with Crippen molar-refractivity contribution < 1.29 is 23.5 Å². The molecule has 2 aromatic carbocycles. The molecule has 1 aliphatic heterocycles. The average Bonchev–Trinajstić information content (AvgIpc) is 2.74. The molecule has 0 aromatic heterocycles. The quantitative estimate of drug-likeness (QED) is 0.350. The minimum Gasteiger partial charge on any atom is -0.490 e. The molecular formula is C23H22ClFN2O4S. The summed E-state index contributed by atoms with van der Waals surface area (Å²) in [4.78, 5) is 26.8. The van der Waals surface area contributed by atoms with Gasteiger partial charge in [0.2, 0.25) is 0 Å². The smallest absolute Gasteiger partial charge is 0.270 e. The molecule has 0 bridgehead atoms. The zero-order chi connectivity index (χ0) is 23.4. The topological polar surface area (TPSA) is 67.9 Å². The first-order valence-electron chi connectivity index (χ1n) is 10.0. The van der Waals surface area contributed by atoms with Gasteiger partial charge in [-0.1, -0.05) is 18.5 Å². The number of anilines is 1. The molecule has 1 atom stereocenters. The van der Waals surface area contributed by atoms with E-state index in [9.17, 15) is 14.0 Å². The summed E-state index contributed by atoms with van der Waals surface area (Å²) in [6.45, 7) is 6.10. The summed E-state index contributed by atoms with van der Waals surface area (Å²) in [5.74, 6) is -0.936. The van der Waals surface area contributed by atoms with Gasteiger partial charge in [0.15, 0.2) is 16.6 Å². The van der Waals surface area contributed by atoms with Crippen LogP contribution in [0.5, 0.6) is 11.5 Å². The number of thiocarbonyl (C=S) groups is 1. The van der Waals surface area contributed by atoms with Gasteiger partial charge in [-0.2, -0.15) is 0 Å². The van der Waals surface area contributed by atoms with E-state index in [4.69, 9.17) is 33.3 Å². The maximum atomic E-state index is 13.3. The normalized spacial score (nSPS) is 16.2. The molecule has 2 amide bonds. The molecule has 168 valence electrons. The van der Waals surface area contributed by atoms with Crippen LogP contribution >= 0.6 is 23.8 Å². The Bertz CT molecular complexity index is 1090. The summed E-state index contributed by atoms with van der Waals surface area (Å²) < 4.78 is 24.9. The van der Waals surface area contributed by atoms with Gasteiger partial charge in [0.25, 0.3) is 11.8 Å². The van der Waals surface area contributed by atoms with Gasteiger partial charge in [-0.15, -0.1) is 0 Å². The highest BCUT2D eigenvalue weighted by Gasteiger charge is 2.34. The number of amides is 2. The van der Waals surface area contributed by atoms with Crippen LogP contribution in [-0.2, 0) is 9.59 Å². The number of hydrogen-bond acceptors (Lipinski definition) is 5. The minimum absolute atomic E-state index is 0.0770. The lowest BCUT2D eigenvalue weighted by molar-refractivity contribution is -0.122. The van der Waals surface area contributed by atoms with Crippen molar-refractivity contribution in [2.75, 3.05) is 11.5 Å². The van der Waals surface area contributed by atoms with E-state index in [1.807, 2.05) is 20.8 Å². The molecule has 0 spiro atoms. The summed E-state index contributed by atoms with van der Waals surface area (Å²) in [5, 5.41) is 2.69. The van der Waals surface area contributed by atoms with Crippen LogP contribution in [0.4, 0.5) is 10.1 Å². The molecule has 0 unspecified atom stereocenters. The van der Waals surface area contributed by atoms with Gasteiger partial charge in [0.05, 0.1) is 23.4 Å².